The molecule has 0 radical (unpaired) electrons. The van der Waals surface area contributed by atoms with Crippen LogP contribution in [0.1, 0.15) is 15.9 Å². The van der Waals surface area contributed by atoms with E-state index in [2.05, 4.69) is 10.2 Å². The fraction of sp³-hybridized carbons (Fsp3) is 0.667. The molecule has 1 aromatic rings. The zero-order chi connectivity index (χ0) is 12.6. The highest BCUT2D eigenvalue weighted by Gasteiger charge is 2.59. The number of rotatable bonds is 2. The molecule has 16 heavy (non-hydrogen) atoms. The van der Waals surface area contributed by atoms with Crippen LogP contribution in [-0.4, -0.2) is 22.5 Å². The molecular weight excluding hydrogens is 260 g/mol. The monoisotopic (exact) mass is 265 g/mol. The summed E-state index contributed by atoms with van der Waals surface area (Å²) in [4.78, 5) is 0. The maximum absolute atomic E-state index is 12.2. The summed E-state index contributed by atoms with van der Waals surface area (Å²) in [6.07, 6.45) is -10.9. The second-order valence-corrected chi connectivity index (χ2v) is 3.85. The van der Waals surface area contributed by atoms with E-state index in [9.17, 15) is 26.3 Å². The molecule has 0 aromatic carbocycles. The summed E-state index contributed by atoms with van der Waals surface area (Å²) in [6.45, 7) is -0.250. The van der Waals surface area contributed by atoms with Gasteiger partial charge in [-0.05, 0) is 0 Å². The Balaban J connectivity index is 3.12. The van der Waals surface area contributed by atoms with Crippen molar-refractivity contribution in [2.75, 3.05) is 0 Å². The maximum Gasteiger partial charge on any atom is 0.406 e. The summed E-state index contributed by atoms with van der Waals surface area (Å²) in [5, 5.41) is 4.78. The van der Waals surface area contributed by atoms with Crippen molar-refractivity contribution in [3.8, 4) is 0 Å². The summed E-state index contributed by atoms with van der Waals surface area (Å²) >= 11 is 0.208. The predicted octanol–water partition coefficient (Wildman–Crippen LogP) is 2.21. The van der Waals surface area contributed by atoms with Crippen LogP contribution < -0.4 is 5.73 Å². The van der Waals surface area contributed by atoms with Crippen molar-refractivity contribution >= 4 is 11.3 Å². The van der Waals surface area contributed by atoms with Crippen molar-refractivity contribution in [2.45, 2.75) is 24.8 Å². The number of halogens is 6. The van der Waals surface area contributed by atoms with E-state index in [1.165, 1.54) is 0 Å². The fourth-order valence-corrected chi connectivity index (χ4v) is 1.80. The van der Waals surface area contributed by atoms with Gasteiger partial charge in [-0.25, -0.2) is 0 Å². The van der Waals surface area contributed by atoms with Crippen LogP contribution in [0.25, 0.3) is 0 Å². The molecule has 0 bridgehead atoms. The van der Waals surface area contributed by atoms with Crippen LogP contribution in [0.3, 0.4) is 0 Å². The quantitative estimate of drug-likeness (QED) is 0.834. The molecule has 0 saturated heterocycles. The molecular formula is C6H5F6N3S. The largest absolute Gasteiger partial charge is 0.406 e. The standard InChI is InChI=1S/C6H5F6N3S/c7-5(8,9)3(6(10,11)12)4-15-14-2(1-13)16-4/h3H,1,13H2. The predicted molar refractivity (Wildman–Crippen MR) is 42.7 cm³/mol. The second kappa shape index (κ2) is 4.17. The lowest BCUT2D eigenvalue weighted by molar-refractivity contribution is -0.253. The number of nitrogens with two attached hydrogens (primary N) is 1. The van der Waals surface area contributed by atoms with E-state index >= 15 is 0 Å². The first-order valence-electron chi connectivity index (χ1n) is 3.82. The summed E-state index contributed by atoms with van der Waals surface area (Å²) in [5.74, 6) is -3.60. The molecule has 10 heteroatoms. The summed E-state index contributed by atoms with van der Waals surface area (Å²) < 4.78 is 73.2. The number of hydrogen-bond acceptors (Lipinski definition) is 4. The Morgan fingerprint density at radius 3 is 1.88 bits per heavy atom. The van der Waals surface area contributed by atoms with Gasteiger partial charge in [0.1, 0.15) is 10.0 Å². The average Bonchev–Trinajstić information content (AvgIpc) is 2.47. The van der Waals surface area contributed by atoms with Gasteiger partial charge < -0.3 is 5.73 Å². The van der Waals surface area contributed by atoms with Crippen molar-refractivity contribution < 1.29 is 26.3 Å². The topological polar surface area (TPSA) is 51.8 Å². The Labute approximate surface area is 89.3 Å². The third-order valence-electron chi connectivity index (χ3n) is 1.56. The van der Waals surface area contributed by atoms with Gasteiger partial charge >= 0.3 is 12.4 Å². The van der Waals surface area contributed by atoms with E-state index in [-0.39, 0.29) is 22.9 Å². The van der Waals surface area contributed by atoms with Crippen LogP contribution in [0.15, 0.2) is 0 Å². The third-order valence-corrected chi connectivity index (χ3v) is 2.57. The number of aromatic nitrogens is 2. The van der Waals surface area contributed by atoms with Gasteiger partial charge in [-0.1, -0.05) is 11.3 Å². The first-order valence-corrected chi connectivity index (χ1v) is 4.63. The Bertz CT molecular complexity index is 342. The summed E-state index contributed by atoms with van der Waals surface area (Å²) in [7, 11) is 0. The Hall–Kier alpha value is -0.900. The van der Waals surface area contributed by atoms with Gasteiger partial charge in [0.15, 0.2) is 0 Å². The molecule has 0 aliphatic heterocycles. The zero-order valence-corrected chi connectivity index (χ0v) is 8.25. The van der Waals surface area contributed by atoms with Crippen molar-refractivity contribution in [3.05, 3.63) is 10.0 Å². The summed E-state index contributed by atoms with van der Waals surface area (Å²) in [5.41, 5.74) is 5.03. The van der Waals surface area contributed by atoms with E-state index in [1.54, 1.807) is 0 Å². The minimum absolute atomic E-state index is 0.0755. The van der Waals surface area contributed by atoms with Crippen LogP contribution in [0, 0.1) is 0 Å². The lowest BCUT2D eigenvalue weighted by Crippen LogP contribution is -2.34. The fourth-order valence-electron chi connectivity index (χ4n) is 0.931. The van der Waals surface area contributed by atoms with Crippen LogP contribution in [0.5, 0.6) is 0 Å². The molecule has 0 aliphatic carbocycles. The summed E-state index contributed by atoms with van der Waals surface area (Å²) in [6, 6.07) is 0. The van der Waals surface area contributed by atoms with Gasteiger partial charge in [0.05, 0.1) is 0 Å². The first-order chi connectivity index (χ1) is 7.16. The minimum Gasteiger partial charge on any atom is -0.324 e. The average molecular weight is 265 g/mol. The molecule has 2 N–H and O–H groups in total. The SMILES string of the molecule is NCc1nnc(C(C(F)(F)F)C(F)(F)F)s1. The van der Waals surface area contributed by atoms with Crippen molar-refractivity contribution in [3.63, 3.8) is 0 Å². The molecule has 1 rings (SSSR count). The highest BCUT2D eigenvalue weighted by atomic mass is 32.1. The van der Waals surface area contributed by atoms with Crippen molar-refractivity contribution in [1.82, 2.24) is 10.2 Å². The molecule has 0 aliphatic rings. The van der Waals surface area contributed by atoms with E-state index < -0.39 is 23.3 Å². The van der Waals surface area contributed by atoms with E-state index in [4.69, 9.17) is 5.73 Å². The molecule has 0 unspecified atom stereocenters. The third kappa shape index (κ3) is 2.82. The lowest BCUT2D eigenvalue weighted by atomic mass is 10.1. The van der Waals surface area contributed by atoms with Gasteiger partial charge in [-0.2, -0.15) is 26.3 Å². The van der Waals surface area contributed by atoms with E-state index in [1.807, 2.05) is 0 Å². The highest BCUT2D eigenvalue weighted by Crippen LogP contribution is 2.46. The van der Waals surface area contributed by atoms with Gasteiger partial charge in [-0.3, -0.25) is 0 Å². The zero-order valence-electron chi connectivity index (χ0n) is 7.43. The molecule has 3 nitrogen and oxygen atoms in total. The van der Waals surface area contributed by atoms with Gasteiger partial charge in [0.2, 0.25) is 5.92 Å². The van der Waals surface area contributed by atoms with Gasteiger partial charge in [0.25, 0.3) is 0 Å². The molecule has 0 fully saturated rings. The number of nitrogens with zero attached hydrogens (tertiary/aromatic N) is 2. The van der Waals surface area contributed by atoms with Crippen LogP contribution in [-0.2, 0) is 6.54 Å². The van der Waals surface area contributed by atoms with Crippen molar-refractivity contribution in [2.24, 2.45) is 5.73 Å². The highest BCUT2D eigenvalue weighted by molar-refractivity contribution is 7.11. The van der Waals surface area contributed by atoms with Crippen molar-refractivity contribution in [1.29, 1.82) is 0 Å². The maximum atomic E-state index is 12.2. The molecule has 0 saturated carbocycles. The molecule has 1 aromatic heterocycles. The Morgan fingerprint density at radius 2 is 1.56 bits per heavy atom. The molecule has 0 spiro atoms. The molecule has 1 heterocycles. The lowest BCUT2D eigenvalue weighted by Gasteiger charge is -2.20. The Kier molecular flexibility index (Phi) is 3.43. The van der Waals surface area contributed by atoms with Gasteiger partial charge in [-0.15, -0.1) is 10.2 Å². The van der Waals surface area contributed by atoms with E-state index in [0.29, 0.717) is 0 Å². The molecule has 0 atom stereocenters. The van der Waals surface area contributed by atoms with Crippen LogP contribution in [0.4, 0.5) is 26.3 Å². The number of hydrogen-bond donors (Lipinski definition) is 1. The van der Waals surface area contributed by atoms with E-state index in [0.717, 1.165) is 0 Å². The number of alkyl halides is 6. The normalized spacial score (nSPS) is 13.5. The molecule has 0 amide bonds. The van der Waals surface area contributed by atoms with Gasteiger partial charge in [0, 0.05) is 6.54 Å². The smallest absolute Gasteiger partial charge is 0.324 e. The Morgan fingerprint density at radius 1 is 1.06 bits per heavy atom. The first kappa shape index (κ1) is 13.2. The molecule has 92 valence electrons. The van der Waals surface area contributed by atoms with Crippen LogP contribution >= 0.6 is 11.3 Å². The van der Waals surface area contributed by atoms with Crippen LogP contribution in [0.2, 0.25) is 0 Å². The minimum atomic E-state index is -5.44. The second-order valence-electron chi connectivity index (χ2n) is 2.75.